The Labute approximate surface area is 183 Å². The van der Waals surface area contributed by atoms with Crippen molar-refractivity contribution >= 4 is 34.0 Å². The first-order valence-corrected chi connectivity index (χ1v) is 10.6. The molecule has 0 fully saturated rings. The Kier molecular flexibility index (Phi) is 7.45. The number of nitro benzene ring substituents is 1. The third-order valence-corrected chi connectivity index (χ3v) is 5.31. The van der Waals surface area contributed by atoms with Crippen LogP contribution in [0.2, 0.25) is 0 Å². The van der Waals surface area contributed by atoms with E-state index in [1.54, 1.807) is 18.2 Å². The molecule has 160 valence electrons. The first-order valence-electron chi connectivity index (χ1n) is 9.74. The number of amides is 2. The van der Waals surface area contributed by atoms with Crippen LogP contribution in [-0.4, -0.2) is 28.3 Å². The zero-order chi connectivity index (χ0) is 22.2. The molecule has 3 rings (SSSR count). The molecule has 9 heteroatoms. The lowest BCUT2D eigenvalue weighted by atomic mass is 10.1. The van der Waals surface area contributed by atoms with Gasteiger partial charge in [-0.3, -0.25) is 19.7 Å². The summed E-state index contributed by atoms with van der Waals surface area (Å²) in [4.78, 5) is 38.3. The molecular formula is C22H22N4O4S. The maximum atomic E-state index is 12.3. The molecule has 0 saturated carbocycles. The number of aromatic nitrogens is 1. The molecular weight excluding hydrogens is 416 g/mol. The van der Waals surface area contributed by atoms with E-state index in [0.29, 0.717) is 17.2 Å². The van der Waals surface area contributed by atoms with Crippen LogP contribution >= 0.6 is 11.3 Å². The molecule has 8 nitrogen and oxygen atoms in total. The van der Waals surface area contributed by atoms with Gasteiger partial charge in [-0.2, -0.15) is 0 Å². The maximum absolute atomic E-state index is 12.3. The highest BCUT2D eigenvalue weighted by Gasteiger charge is 2.16. The monoisotopic (exact) mass is 438 g/mol. The lowest BCUT2D eigenvalue weighted by molar-refractivity contribution is -0.385. The summed E-state index contributed by atoms with van der Waals surface area (Å²) in [6, 6.07) is 14.2. The van der Waals surface area contributed by atoms with Crippen LogP contribution in [0.4, 0.5) is 10.8 Å². The molecule has 1 aromatic heterocycles. The molecule has 0 aliphatic carbocycles. The lowest BCUT2D eigenvalue weighted by Crippen LogP contribution is -2.21. The van der Waals surface area contributed by atoms with Crippen molar-refractivity contribution in [2.75, 3.05) is 11.9 Å². The van der Waals surface area contributed by atoms with Gasteiger partial charge in [0.2, 0.25) is 11.8 Å². The number of thiazole rings is 1. The van der Waals surface area contributed by atoms with Crippen molar-refractivity contribution in [1.29, 1.82) is 0 Å². The van der Waals surface area contributed by atoms with Gasteiger partial charge in [0.05, 0.1) is 17.0 Å². The quantitative estimate of drug-likeness (QED) is 0.298. The Bertz CT molecular complexity index is 1080. The predicted molar refractivity (Wildman–Crippen MR) is 120 cm³/mol. The van der Waals surface area contributed by atoms with Gasteiger partial charge < -0.3 is 10.6 Å². The van der Waals surface area contributed by atoms with Crippen LogP contribution in [0.25, 0.3) is 11.3 Å². The molecule has 2 aromatic carbocycles. The van der Waals surface area contributed by atoms with Crippen LogP contribution in [0, 0.1) is 10.1 Å². The van der Waals surface area contributed by atoms with Crippen LogP contribution in [0.15, 0.2) is 53.9 Å². The van der Waals surface area contributed by atoms with Crippen molar-refractivity contribution in [3.05, 3.63) is 75.2 Å². The van der Waals surface area contributed by atoms with Crippen molar-refractivity contribution < 1.29 is 14.5 Å². The summed E-state index contributed by atoms with van der Waals surface area (Å²) in [7, 11) is 0. The second kappa shape index (κ2) is 10.4. The SMILES string of the molecule is CC(=O)NCCCc1ccc(-c2csc(NC(=O)Cc3ccccc3[N+](=O)[O-])n2)cc1. The molecule has 0 aliphatic heterocycles. The highest BCUT2D eigenvalue weighted by atomic mass is 32.1. The molecule has 3 aromatic rings. The topological polar surface area (TPSA) is 114 Å². The van der Waals surface area contributed by atoms with E-state index in [0.717, 1.165) is 24.1 Å². The Hall–Kier alpha value is -3.59. The summed E-state index contributed by atoms with van der Waals surface area (Å²) in [6.45, 7) is 2.16. The van der Waals surface area contributed by atoms with Gasteiger partial charge in [0.15, 0.2) is 5.13 Å². The molecule has 0 radical (unpaired) electrons. The number of rotatable bonds is 9. The first-order chi connectivity index (χ1) is 14.9. The van der Waals surface area contributed by atoms with E-state index in [1.165, 1.54) is 29.9 Å². The number of carbonyl (C=O) groups excluding carboxylic acids is 2. The average molecular weight is 439 g/mol. The fraction of sp³-hybridized carbons (Fsp3) is 0.227. The number of nitro groups is 1. The molecule has 0 spiro atoms. The summed E-state index contributed by atoms with van der Waals surface area (Å²) in [6.07, 6.45) is 1.63. The van der Waals surface area contributed by atoms with Crippen LogP contribution < -0.4 is 10.6 Å². The summed E-state index contributed by atoms with van der Waals surface area (Å²) < 4.78 is 0. The fourth-order valence-electron chi connectivity index (χ4n) is 3.04. The largest absolute Gasteiger partial charge is 0.356 e. The summed E-state index contributed by atoms with van der Waals surface area (Å²) in [5, 5.41) is 18.9. The highest BCUT2D eigenvalue weighted by Crippen LogP contribution is 2.26. The zero-order valence-corrected chi connectivity index (χ0v) is 17.8. The average Bonchev–Trinajstić information content (AvgIpc) is 3.20. The van der Waals surface area contributed by atoms with Gasteiger partial charge in [0.25, 0.3) is 5.69 Å². The lowest BCUT2D eigenvalue weighted by Gasteiger charge is -2.04. The number of hydrogen-bond acceptors (Lipinski definition) is 6. The van der Waals surface area contributed by atoms with Crippen molar-refractivity contribution in [2.45, 2.75) is 26.2 Å². The van der Waals surface area contributed by atoms with E-state index < -0.39 is 4.92 Å². The summed E-state index contributed by atoms with van der Waals surface area (Å²) in [5.41, 5.74) is 3.13. The van der Waals surface area contributed by atoms with Gasteiger partial charge in [-0.05, 0) is 18.4 Å². The maximum Gasteiger partial charge on any atom is 0.273 e. The molecule has 0 atom stereocenters. The molecule has 0 unspecified atom stereocenters. The molecule has 0 aliphatic rings. The van der Waals surface area contributed by atoms with E-state index >= 15 is 0 Å². The van der Waals surface area contributed by atoms with E-state index in [4.69, 9.17) is 0 Å². The van der Waals surface area contributed by atoms with Crippen molar-refractivity contribution in [3.63, 3.8) is 0 Å². The minimum atomic E-state index is -0.492. The number of hydrogen-bond donors (Lipinski definition) is 2. The fourth-order valence-corrected chi connectivity index (χ4v) is 3.77. The summed E-state index contributed by atoms with van der Waals surface area (Å²) >= 11 is 1.30. The van der Waals surface area contributed by atoms with E-state index in [9.17, 15) is 19.7 Å². The molecule has 0 saturated heterocycles. The van der Waals surface area contributed by atoms with Gasteiger partial charge in [0, 0.05) is 36.0 Å². The second-order valence-corrected chi connectivity index (χ2v) is 7.79. The number of aryl methyl sites for hydroxylation is 1. The van der Waals surface area contributed by atoms with Crippen LogP contribution in [0.5, 0.6) is 0 Å². The Balaban J connectivity index is 1.57. The minimum absolute atomic E-state index is 0.0243. The van der Waals surface area contributed by atoms with Gasteiger partial charge in [-0.15, -0.1) is 11.3 Å². The Morgan fingerprint density at radius 3 is 2.58 bits per heavy atom. The van der Waals surface area contributed by atoms with E-state index in [-0.39, 0.29) is 23.9 Å². The van der Waals surface area contributed by atoms with Crippen molar-refractivity contribution in [3.8, 4) is 11.3 Å². The van der Waals surface area contributed by atoms with Crippen molar-refractivity contribution in [1.82, 2.24) is 10.3 Å². The zero-order valence-electron chi connectivity index (χ0n) is 17.0. The number of nitrogens with zero attached hydrogens (tertiary/aromatic N) is 2. The van der Waals surface area contributed by atoms with Gasteiger partial charge >= 0.3 is 0 Å². The smallest absolute Gasteiger partial charge is 0.273 e. The molecule has 2 amide bonds. The van der Waals surface area contributed by atoms with Gasteiger partial charge in [0.1, 0.15) is 0 Å². The first kappa shape index (κ1) is 22.1. The minimum Gasteiger partial charge on any atom is -0.356 e. The normalized spacial score (nSPS) is 10.5. The molecule has 31 heavy (non-hydrogen) atoms. The Morgan fingerprint density at radius 1 is 1.13 bits per heavy atom. The number of carbonyl (C=O) groups is 2. The predicted octanol–water partition coefficient (Wildman–Crippen LogP) is 3.97. The van der Waals surface area contributed by atoms with E-state index in [2.05, 4.69) is 15.6 Å². The van der Waals surface area contributed by atoms with Gasteiger partial charge in [-0.25, -0.2) is 4.98 Å². The van der Waals surface area contributed by atoms with Gasteiger partial charge in [-0.1, -0.05) is 42.5 Å². The van der Waals surface area contributed by atoms with Crippen LogP contribution in [0.3, 0.4) is 0 Å². The Morgan fingerprint density at radius 2 is 1.87 bits per heavy atom. The van der Waals surface area contributed by atoms with Crippen LogP contribution in [0.1, 0.15) is 24.5 Å². The standard InChI is InChI=1S/C22H22N4O4S/c1-15(27)23-12-4-5-16-8-10-17(11-9-16)19-14-31-22(24-19)25-21(28)13-18-6-2-3-7-20(18)26(29)30/h2-3,6-11,14H,4-5,12-13H2,1H3,(H,23,27)(H,24,25,28). The highest BCUT2D eigenvalue weighted by molar-refractivity contribution is 7.14. The van der Waals surface area contributed by atoms with Crippen molar-refractivity contribution in [2.24, 2.45) is 0 Å². The third-order valence-electron chi connectivity index (χ3n) is 4.56. The number of nitrogens with one attached hydrogen (secondary N) is 2. The molecule has 1 heterocycles. The molecule has 2 N–H and O–H groups in total. The number of anilines is 1. The second-order valence-electron chi connectivity index (χ2n) is 6.93. The van der Waals surface area contributed by atoms with Crippen LogP contribution in [-0.2, 0) is 22.4 Å². The molecule has 0 bridgehead atoms. The summed E-state index contributed by atoms with van der Waals surface area (Å²) in [5.74, 6) is -0.381. The number of benzene rings is 2. The van der Waals surface area contributed by atoms with E-state index in [1.807, 2.05) is 29.6 Å². The number of para-hydroxylation sites is 1. The third kappa shape index (κ3) is 6.45.